The molecule has 1 heterocycles. The first-order chi connectivity index (χ1) is 13.6. The monoisotopic (exact) mass is 507 g/mol. The van der Waals surface area contributed by atoms with Gasteiger partial charge in [0, 0.05) is 34.3 Å². The van der Waals surface area contributed by atoms with Crippen molar-refractivity contribution < 1.29 is 18.3 Å². The average molecular weight is 509 g/mol. The van der Waals surface area contributed by atoms with Crippen molar-refractivity contribution in [3.8, 4) is 0 Å². The van der Waals surface area contributed by atoms with Crippen LogP contribution in [0.2, 0.25) is 10.0 Å². The molecule has 0 amide bonds. The molecule has 1 aliphatic rings. The fraction of sp³-hybridized carbons (Fsp3) is 0.211. The first kappa shape index (κ1) is 22.0. The Hall–Kier alpha value is -1.74. The molecule has 0 aromatic heterocycles. The van der Waals surface area contributed by atoms with Crippen LogP contribution in [-0.2, 0) is 6.54 Å². The standard InChI is InChI=1S/C19H15BrCl2F3N3O/c1-28-17(19(23,24)25)8-16(29)18(27-28)13-6-10(14(21)7-15(13)22)9-26-12-4-2-11(20)3-5-12/h2-8,16,26,29H,9H2,1H3. The van der Waals surface area contributed by atoms with Crippen molar-refractivity contribution in [2.45, 2.75) is 18.8 Å². The highest BCUT2D eigenvalue weighted by molar-refractivity contribution is 9.10. The van der Waals surface area contributed by atoms with Crippen molar-refractivity contribution >= 4 is 50.5 Å². The van der Waals surface area contributed by atoms with Crippen LogP contribution in [0.4, 0.5) is 18.9 Å². The van der Waals surface area contributed by atoms with Gasteiger partial charge in [0.2, 0.25) is 0 Å². The summed E-state index contributed by atoms with van der Waals surface area (Å²) in [5.41, 5.74) is 0.772. The van der Waals surface area contributed by atoms with E-state index in [-0.39, 0.29) is 10.7 Å². The number of benzene rings is 2. The van der Waals surface area contributed by atoms with Crippen molar-refractivity contribution in [3.05, 3.63) is 73.8 Å². The lowest BCUT2D eigenvalue weighted by Gasteiger charge is -2.28. The van der Waals surface area contributed by atoms with Crippen molar-refractivity contribution in [3.63, 3.8) is 0 Å². The van der Waals surface area contributed by atoms with Crippen LogP contribution < -0.4 is 5.32 Å². The molecule has 2 N–H and O–H groups in total. The minimum atomic E-state index is -4.63. The minimum Gasteiger partial charge on any atom is -0.382 e. The van der Waals surface area contributed by atoms with Gasteiger partial charge in [0.05, 0.1) is 5.02 Å². The number of halogens is 6. The van der Waals surface area contributed by atoms with Crippen molar-refractivity contribution in [1.82, 2.24) is 5.01 Å². The normalized spacial score (nSPS) is 17.1. The molecule has 0 saturated carbocycles. The number of hydrogen-bond acceptors (Lipinski definition) is 4. The Kier molecular flexibility index (Phi) is 6.48. The van der Waals surface area contributed by atoms with E-state index in [0.29, 0.717) is 33.8 Å². The number of hydrogen-bond donors (Lipinski definition) is 2. The van der Waals surface area contributed by atoms with E-state index in [9.17, 15) is 18.3 Å². The number of nitrogens with zero attached hydrogens (tertiary/aromatic N) is 2. The molecule has 0 aliphatic carbocycles. The second-order valence-electron chi connectivity index (χ2n) is 6.29. The molecule has 1 unspecified atom stereocenters. The summed E-state index contributed by atoms with van der Waals surface area (Å²) in [4.78, 5) is 0. The van der Waals surface area contributed by atoms with Crippen LogP contribution in [0, 0.1) is 0 Å². The lowest BCUT2D eigenvalue weighted by Crippen LogP contribution is -2.35. The number of aliphatic hydroxyl groups is 1. The smallest absolute Gasteiger partial charge is 0.382 e. The Bertz CT molecular complexity index is 978. The highest BCUT2D eigenvalue weighted by Crippen LogP contribution is 2.33. The maximum atomic E-state index is 13.0. The molecule has 10 heteroatoms. The number of alkyl halides is 3. The summed E-state index contributed by atoms with van der Waals surface area (Å²) >= 11 is 15.9. The fourth-order valence-corrected chi connectivity index (χ4v) is 3.60. The zero-order valence-corrected chi connectivity index (χ0v) is 18.0. The third-order valence-corrected chi connectivity index (χ3v) is 5.43. The van der Waals surface area contributed by atoms with E-state index in [0.717, 1.165) is 17.2 Å². The summed E-state index contributed by atoms with van der Waals surface area (Å²) in [7, 11) is 1.16. The molecular formula is C19H15BrCl2F3N3O. The molecular weight excluding hydrogens is 494 g/mol. The summed E-state index contributed by atoms with van der Waals surface area (Å²) in [6, 6.07) is 10.6. The zero-order chi connectivity index (χ0) is 21.3. The molecule has 1 atom stereocenters. The van der Waals surface area contributed by atoms with Gasteiger partial charge in [0.15, 0.2) is 0 Å². The number of allylic oxidation sites excluding steroid dienone is 1. The van der Waals surface area contributed by atoms with Crippen LogP contribution in [0.25, 0.3) is 0 Å². The van der Waals surface area contributed by atoms with Gasteiger partial charge < -0.3 is 10.4 Å². The number of aliphatic hydroxyl groups excluding tert-OH is 1. The summed E-state index contributed by atoms with van der Waals surface area (Å²) in [6.45, 7) is 0.341. The third-order valence-electron chi connectivity index (χ3n) is 4.23. The van der Waals surface area contributed by atoms with Gasteiger partial charge in [0.25, 0.3) is 0 Å². The molecule has 0 radical (unpaired) electrons. The Labute approximate surface area is 183 Å². The predicted molar refractivity (Wildman–Crippen MR) is 112 cm³/mol. The van der Waals surface area contributed by atoms with Crippen molar-refractivity contribution in [2.24, 2.45) is 5.10 Å². The molecule has 3 rings (SSSR count). The van der Waals surface area contributed by atoms with Crippen LogP contribution >= 0.6 is 39.1 Å². The third kappa shape index (κ3) is 5.06. The minimum absolute atomic E-state index is 0.00654. The van der Waals surface area contributed by atoms with Gasteiger partial charge in [-0.25, -0.2) is 0 Å². The van der Waals surface area contributed by atoms with Crippen LogP contribution in [-0.4, -0.2) is 35.2 Å². The topological polar surface area (TPSA) is 47.9 Å². The molecule has 2 aromatic rings. The molecule has 1 aliphatic heterocycles. The maximum absolute atomic E-state index is 13.0. The van der Waals surface area contributed by atoms with Crippen molar-refractivity contribution in [1.29, 1.82) is 0 Å². The Morgan fingerprint density at radius 1 is 1.17 bits per heavy atom. The van der Waals surface area contributed by atoms with E-state index in [1.165, 1.54) is 6.07 Å². The number of rotatable bonds is 4. The molecule has 2 aromatic carbocycles. The zero-order valence-electron chi connectivity index (χ0n) is 14.9. The second-order valence-corrected chi connectivity index (χ2v) is 8.02. The van der Waals surface area contributed by atoms with E-state index in [1.54, 1.807) is 6.07 Å². The fourth-order valence-electron chi connectivity index (χ4n) is 2.79. The van der Waals surface area contributed by atoms with Crippen molar-refractivity contribution in [2.75, 3.05) is 12.4 Å². The van der Waals surface area contributed by atoms with E-state index in [2.05, 4.69) is 26.3 Å². The number of anilines is 1. The van der Waals surface area contributed by atoms with Gasteiger partial charge >= 0.3 is 6.18 Å². The number of nitrogens with one attached hydrogen (secondary N) is 1. The average Bonchev–Trinajstić information content (AvgIpc) is 2.63. The molecule has 29 heavy (non-hydrogen) atoms. The van der Waals surface area contributed by atoms with Gasteiger partial charge in [-0.2, -0.15) is 18.3 Å². The van der Waals surface area contributed by atoms with Gasteiger partial charge in [-0.3, -0.25) is 5.01 Å². The highest BCUT2D eigenvalue weighted by Gasteiger charge is 2.40. The van der Waals surface area contributed by atoms with Gasteiger partial charge in [0.1, 0.15) is 17.5 Å². The summed E-state index contributed by atoms with van der Waals surface area (Å²) in [5.74, 6) is 0. The van der Waals surface area contributed by atoms with E-state index < -0.39 is 18.0 Å². The summed E-state index contributed by atoms with van der Waals surface area (Å²) in [6.07, 6.45) is -5.49. The summed E-state index contributed by atoms with van der Waals surface area (Å²) < 4.78 is 40.0. The Morgan fingerprint density at radius 3 is 2.45 bits per heavy atom. The van der Waals surface area contributed by atoms with Crippen LogP contribution in [0.5, 0.6) is 0 Å². The quantitative estimate of drug-likeness (QED) is 0.546. The molecule has 0 fully saturated rings. The largest absolute Gasteiger partial charge is 0.432 e. The lowest BCUT2D eigenvalue weighted by molar-refractivity contribution is -0.110. The lowest BCUT2D eigenvalue weighted by atomic mass is 10.0. The molecule has 0 bridgehead atoms. The Morgan fingerprint density at radius 2 is 1.83 bits per heavy atom. The molecule has 154 valence electrons. The first-order valence-corrected chi connectivity index (χ1v) is 9.88. The maximum Gasteiger partial charge on any atom is 0.432 e. The van der Waals surface area contributed by atoms with E-state index >= 15 is 0 Å². The first-order valence-electron chi connectivity index (χ1n) is 8.33. The highest BCUT2D eigenvalue weighted by atomic mass is 79.9. The molecule has 0 saturated heterocycles. The van der Waals surface area contributed by atoms with Crippen LogP contribution in [0.15, 0.2) is 57.7 Å². The van der Waals surface area contributed by atoms with Crippen LogP contribution in [0.3, 0.4) is 0 Å². The van der Waals surface area contributed by atoms with Crippen LogP contribution in [0.1, 0.15) is 11.1 Å². The van der Waals surface area contributed by atoms with Gasteiger partial charge in [-0.05, 0) is 48.0 Å². The molecule has 4 nitrogen and oxygen atoms in total. The van der Waals surface area contributed by atoms with E-state index in [4.69, 9.17) is 23.2 Å². The SMILES string of the molecule is CN1N=C(c2cc(CNc3ccc(Br)cc3)c(Cl)cc2Cl)C(O)C=C1C(F)(F)F. The molecule has 0 spiro atoms. The summed E-state index contributed by atoms with van der Waals surface area (Å²) in [5, 5.41) is 18.6. The number of hydrazone groups is 1. The van der Waals surface area contributed by atoms with E-state index in [1.807, 2.05) is 24.3 Å². The second kappa shape index (κ2) is 8.55. The Balaban J connectivity index is 1.88. The van der Waals surface area contributed by atoms with Gasteiger partial charge in [-0.1, -0.05) is 39.1 Å². The predicted octanol–water partition coefficient (Wildman–Crippen LogP) is 5.82. The van der Waals surface area contributed by atoms with Gasteiger partial charge in [-0.15, -0.1) is 0 Å².